The molecule has 2 heterocycles. The first-order valence-electron chi connectivity index (χ1n) is 8.52. The van der Waals surface area contributed by atoms with Crippen molar-refractivity contribution in [3.05, 3.63) is 22.1 Å². The van der Waals surface area contributed by atoms with Crippen molar-refractivity contribution >= 4 is 28.7 Å². The van der Waals surface area contributed by atoms with Gasteiger partial charge in [0, 0.05) is 25.3 Å². The van der Waals surface area contributed by atoms with Crippen molar-refractivity contribution in [3.63, 3.8) is 0 Å². The van der Waals surface area contributed by atoms with Crippen LogP contribution in [0.15, 0.2) is 16.0 Å². The number of hydrogen-bond acceptors (Lipinski definition) is 4. The van der Waals surface area contributed by atoms with E-state index in [-0.39, 0.29) is 11.5 Å². The standard InChI is InChI=1S/C17H26N4O2S/c1-5-8-20(9-6-2)14(22)11-24-17-19-13-10-12(4)18-15(13)16(23)21(17)7-3/h10,18H,5-9,11H2,1-4H3. The van der Waals surface area contributed by atoms with Gasteiger partial charge in [-0.1, -0.05) is 25.6 Å². The lowest BCUT2D eigenvalue weighted by Crippen LogP contribution is -2.34. The fourth-order valence-corrected chi connectivity index (χ4v) is 3.68. The molecule has 2 rings (SSSR count). The maximum atomic E-state index is 12.6. The second-order valence-electron chi connectivity index (χ2n) is 5.83. The number of fused-ring (bicyclic) bond motifs is 1. The number of amides is 1. The van der Waals surface area contributed by atoms with Crippen LogP contribution in [-0.2, 0) is 11.3 Å². The van der Waals surface area contributed by atoms with Crippen LogP contribution in [0.1, 0.15) is 39.3 Å². The van der Waals surface area contributed by atoms with E-state index in [2.05, 4.69) is 23.8 Å². The Morgan fingerprint density at radius 3 is 2.54 bits per heavy atom. The molecule has 0 radical (unpaired) electrons. The van der Waals surface area contributed by atoms with Crippen molar-refractivity contribution in [2.24, 2.45) is 0 Å². The molecule has 0 spiro atoms. The number of aromatic nitrogens is 3. The van der Waals surface area contributed by atoms with Crippen LogP contribution in [0.25, 0.3) is 11.0 Å². The number of carbonyl (C=O) groups excluding carboxylic acids is 1. The number of H-pyrrole nitrogens is 1. The lowest BCUT2D eigenvalue weighted by molar-refractivity contribution is -0.128. The summed E-state index contributed by atoms with van der Waals surface area (Å²) in [5, 5.41) is 0.607. The molecule has 0 saturated heterocycles. The maximum Gasteiger partial charge on any atom is 0.278 e. The highest BCUT2D eigenvalue weighted by Crippen LogP contribution is 2.19. The third-order valence-corrected chi connectivity index (χ3v) is 4.78. The fraction of sp³-hybridized carbons (Fsp3) is 0.588. The van der Waals surface area contributed by atoms with Crippen molar-refractivity contribution in [2.45, 2.75) is 52.2 Å². The summed E-state index contributed by atoms with van der Waals surface area (Å²) < 4.78 is 1.63. The highest BCUT2D eigenvalue weighted by Gasteiger charge is 2.16. The van der Waals surface area contributed by atoms with Gasteiger partial charge in [0.1, 0.15) is 5.52 Å². The van der Waals surface area contributed by atoms with Gasteiger partial charge in [-0.2, -0.15) is 0 Å². The van der Waals surface area contributed by atoms with E-state index in [1.807, 2.05) is 24.8 Å². The molecule has 1 N–H and O–H groups in total. The van der Waals surface area contributed by atoms with Gasteiger partial charge in [0.2, 0.25) is 5.91 Å². The summed E-state index contributed by atoms with van der Waals surface area (Å²) in [5.41, 5.74) is 2.02. The van der Waals surface area contributed by atoms with Crippen LogP contribution in [-0.4, -0.2) is 44.2 Å². The number of thioether (sulfide) groups is 1. The second-order valence-corrected chi connectivity index (χ2v) is 6.77. The van der Waals surface area contributed by atoms with Crippen LogP contribution in [0.5, 0.6) is 0 Å². The summed E-state index contributed by atoms with van der Waals surface area (Å²) in [6.45, 7) is 10.0. The lowest BCUT2D eigenvalue weighted by Gasteiger charge is -2.21. The highest BCUT2D eigenvalue weighted by atomic mass is 32.2. The Kier molecular flexibility index (Phi) is 6.48. The first-order valence-corrected chi connectivity index (χ1v) is 9.51. The second kappa shape index (κ2) is 8.37. The normalized spacial score (nSPS) is 11.2. The minimum atomic E-state index is -0.0791. The Morgan fingerprint density at radius 2 is 1.96 bits per heavy atom. The van der Waals surface area contributed by atoms with Gasteiger partial charge in [0.05, 0.1) is 11.3 Å². The van der Waals surface area contributed by atoms with Gasteiger partial charge in [-0.25, -0.2) is 4.98 Å². The van der Waals surface area contributed by atoms with Gasteiger partial charge >= 0.3 is 0 Å². The van der Waals surface area contributed by atoms with Crippen LogP contribution in [0.2, 0.25) is 0 Å². The van der Waals surface area contributed by atoms with Crippen molar-refractivity contribution in [3.8, 4) is 0 Å². The van der Waals surface area contributed by atoms with Crippen LogP contribution in [0.4, 0.5) is 0 Å². The Balaban J connectivity index is 2.22. The van der Waals surface area contributed by atoms with Crippen LogP contribution in [0, 0.1) is 6.92 Å². The van der Waals surface area contributed by atoms with E-state index >= 15 is 0 Å². The van der Waals surface area contributed by atoms with Crippen molar-refractivity contribution < 1.29 is 4.79 Å². The SMILES string of the molecule is CCCN(CCC)C(=O)CSc1nc2cc(C)[nH]c2c(=O)n1CC. The Hall–Kier alpha value is -1.76. The zero-order chi connectivity index (χ0) is 17.7. The molecule has 0 aliphatic carbocycles. The first-order chi connectivity index (χ1) is 11.5. The molecule has 0 bridgehead atoms. The third-order valence-electron chi connectivity index (χ3n) is 3.82. The van der Waals surface area contributed by atoms with Crippen molar-refractivity contribution in [1.29, 1.82) is 0 Å². The molecule has 1 amide bonds. The smallest absolute Gasteiger partial charge is 0.278 e. The van der Waals surface area contributed by atoms with E-state index < -0.39 is 0 Å². The molecule has 2 aromatic heterocycles. The summed E-state index contributed by atoms with van der Waals surface area (Å²) in [7, 11) is 0. The molecular weight excluding hydrogens is 324 g/mol. The molecule has 7 heteroatoms. The largest absolute Gasteiger partial charge is 0.353 e. The summed E-state index contributed by atoms with van der Waals surface area (Å²) in [6.07, 6.45) is 1.89. The molecule has 0 atom stereocenters. The van der Waals surface area contributed by atoms with Gasteiger partial charge in [0.15, 0.2) is 5.16 Å². The monoisotopic (exact) mass is 350 g/mol. The van der Waals surface area contributed by atoms with Gasteiger partial charge in [-0.3, -0.25) is 14.2 Å². The van der Waals surface area contributed by atoms with Gasteiger partial charge in [-0.15, -0.1) is 0 Å². The number of aromatic amines is 1. The van der Waals surface area contributed by atoms with E-state index in [0.29, 0.717) is 28.5 Å². The van der Waals surface area contributed by atoms with E-state index in [1.165, 1.54) is 11.8 Å². The number of hydrogen-bond donors (Lipinski definition) is 1. The van der Waals surface area contributed by atoms with Crippen molar-refractivity contribution in [1.82, 2.24) is 19.4 Å². The number of nitrogens with one attached hydrogen (secondary N) is 1. The predicted octanol–water partition coefficient (Wildman–Crippen LogP) is 2.79. The summed E-state index contributed by atoms with van der Waals surface area (Å²) in [4.78, 5) is 34.5. The zero-order valence-electron chi connectivity index (χ0n) is 14.9. The van der Waals surface area contributed by atoms with E-state index in [4.69, 9.17) is 0 Å². The average Bonchev–Trinajstić information content (AvgIpc) is 2.93. The number of aryl methyl sites for hydroxylation is 1. The van der Waals surface area contributed by atoms with Crippen LogP contribution < -0.4 is 5.56 Å². The predicted molar refractivity (Wildman–Crippen MR) is 98.7 cm³/mol. The zero-order valence-corrected chi connectivity index (χ0v) is 15.7. The molecule has 132 valence electrons. The Bertz CT molecular complexity index is 760. The van der Waals surface area contributed by atoms with Gasteiger partial charge < -0.3 is 9.88 Å². The topological polar surface area (TPSA) is 71.0 Å². The Morgan fingerprint density at radius 1 is 1.29 bits per heavy atom. The number of rotatable bonds is 8. The van der Waals surface area contributed by atoms with Crippen LogP contribution >= 0.6 is 11.8 Å². The van der Waals surface area contributed by atoms with Gasteiger partial charge in [0.25, 0.3) is 5.56 Å². The molecule has 0 fully saturated rings. The number of carbonyl (C=O) groups is 1. The van der Waals surface area contributed by atoms with E-state index in [9.17, 15) is 9.59 Å². The van der Waals surface area contributed by atoms with E-state index in [0.717, 1.165) is 31.6 Å². The molecule has 24 heavy (non-hydrogen) atoms. The lowest BCUT2D eigenvalue weighted by atomic mass is 10.3. The summed E-state index contributed by atoms with van der Waals surface area (Å²) in [5.74, 6) is 0.410. The minimum absolute atomic E-state index is 0.0791. The molecule has 0 aromatic carbocycles. The molecule has 0 aliphatic rings. The summed E-state index contributed by atoms with van der Waals surface area (Å²) >= 11 is 1.34. The van der Waals surface area contributed by atoms with E-state index in [1.54, 1.807) is 4.57 Å². The highest BCUT2D eigenvalue weighted by molar-refractivity contribution is 7.99. The maximum absolute atomic E-state index is 12.6. The molecule has 6 nitrogen and oxygen atoms in total. The molecule has 2 aromatic rings. The first kappa shape index (κ1) is 18.6. The van der Waals surface area contributed by atoms with Crippen LogP contribution in [0.3, 0.4) is 0 Å². The molecule has 0 saturated carbocycles. The fourth-order valence-electron chi connectivity index (χ4n) is 2.72. The number of nitrogens with zero attached hydrogens (tertiary/aromatic N) is 3. The third kappa shape index (κ3) is 4.01. The summed E-state index contributed by atoms with van der Waals surface area (Å²) in [6, 6.07) is 1.86. The quantitative estimate of drug-likeness (QED) is 0.587. The minimum Gasteiger partial charge on any atom is -0.353 e. The van der Waals surface area contributed by atoms with Crippen molar-refractivity contribution in [2.75, 3.05) is 18.8 Å². The Labute approximate surface area is 146 Å². The molecule has 0 aliphatic heterocycles. The van der Waals surface area contributed by atoms with Gasteiger partial charge in [-0.05, 0) is 32.8 Å². The average molecular weight is 350 g/mol. The molecular formula is C17H26N4O2S. The molecule has 0 unspecified atom stereocenters.